The van der Waals surface area contributed by atoms with Crippen molar-refractivity contribution in [3.63, 3.8) is 0 Å². The fraction of sp³-hybridized carbons (Fsp3) is 0.100. The zero-order valence-electron chi connectivity index (χ0n) is 9.52. The second-order valence-corrected chi connectivity index (χ2v) is 5.59. The second kappa shape index (κ2) is 5.87. The Morgan fingerprint density at radius 3 is 2.89 bits per heavy atom. The molecular weight excluding hydrogens is 288 g/mol. The van der Waals surface area contributed by atoms with Crippen LogP contribution in [0.5, 0.6) is 0 Å². The second-order valence-electron chi connectivity index (χ2n) is 3.50. The molecule has 0 radical (unpaired) electrons. The summed E-state index contributed by atoms with van der Waals surface area (Å²) in [6.45, 7) is 0. The number of nitrogens with one attached hydrogen (secondary N) is 1. The summed E-state index contributed by atoms with van der Waals surface area (Å²) in [5.41, 5.74) is 5.57. The minimum Gasteiger partial charge on any atom is -0.351 e. The molecule has 2 rings (SSSR count). The Morgan fingerprint density at radius 2 is 2.32 bits per heavy atom. The van der Waals surface area contributed by atoms with E-state index in [1.54, 1.807) is 18.3 Å². The zero-order chi connectivity index (χ0) is 13.8. The van der Waals surface area contributed by atoms with Gasteiger partial charge in [0, 0.05) is 23.5 Å². The summed E-state index contributed by atoms with van der Waals surface area (Å²) in [6.07, 6.45) is 4.52. The Kier molecular flexibility index (Phi) is 4.20. The minimum absolute atomic E-state index is 0.279. The lowest BCUT2D eigenvalue weighted by atomic mass is 10.2. The summed E-state index contributed by atoms with van der Waals surface area (Å²) >= 11 is -1.03. The van der Waals surface area contributed by atoms with Gasteiger partial charge in [0.05, 0.1) is 0 Å². The van der Waals surface area contributed by atoms with Gasteiger partial charge in [0.15, 0.2) is 16.2 Å². The van der Waals surface area contributed by atoms with Crippen molar-refractivity contribution in [2.45, 2.75) is 5.25 Å². The van der Waals surface area contributed by atoms with Crippen molar-refractivity contribution in [3.8, 4) is 0 Å². The molecule has 7 nitrogen and oxygen atoms in total. The molecule has 2 amide bonds. The molecule has 0 bridgehead atoms. The number of anilines is 1. The number of urea groups is 1. The van der Waals surface area contributed by atoms with Crippen LogP contribution in [0, 0.1) is 0 Å². The predicted molar refractivity (Wildman–Crippen MR) is 72.2 cm³/mol. The number of carbonyl (C=O) groups excluding carboxylic acids is 1. The lowest BCUT2D eigenvalue weighted by molar-refractivity contribution is 0.259. The molecule has 100 valence electrons. The topological polar surface area (TPSA) is 118 Å². The fourth-order valence-electron chi connectivity index (χ4n) is 1.48. The number of aromatic nitrogens is 2. The molecule has 2 aromatic rings. The molecule has 0 fully saturated rings. The van der Waals surface area contributed by atoms with E-state index >= 15 is 0 Å². The molecule has 4 N–H and O–H groups in total. The number of rotatable bonds is 4. The van der Waals surface area contributed by atoms with Gasteiger partial charge in [-0.25, -0.2) is 14.0 Å². The van der Waals surface area contributed by atoms with E-state index in [1.165, 1.54) is 12.4 Å². The van der Waals surface area contributed by atoms with Crippen molar-refractivity contribution in [3.05, 3.63) is 41.2 Å². The van der Waals surface area contributed by atoms with Gasteiger partial charge in [-0.05, 0) is 11.6 Å². The number of carbonyl (C=O) groups is 1. The van der Waals surface area contributed by atoms with E-state index in [0.29, 0.717) is 10.4 Å². The lowest BCUT2D eigenvalue weighted by Gasteiger charge is -2.09. The largest absolute Gasteiger partial charge is 0.351 e. The van der Waals surface area contributed by atoms with Gasteiger partial charge in [0.25, 0.3) is 0 Å². The molecule has 0 saturated heterocycles. The Hall–Kier alpha value is -1.84. The van der Waals surface area contributed by atoms with Crippen LogP contribution in [-0.2, 0) is 11.1 Å². The molecule has 9 heteroatoms. The van der Waals surface area contributed by atoms with Crippen LogP contribution >= 0.6 is 11.3 Å². The van der Waals surface area contributed by atoms with Crippen molar-refractivity contribution >= 4 is 33.6 Å². The zero-order valence-corrected chi connectivity index (χ0v) is 11.1. The summed E-state index contributed by atoms with van der Waals surface area (Å²) in [6, 6.07) is 2.65. The SMILES string of the molecule is NC(=O)Nc1ncc(C(c2cccnc2)S(=O)O)s1. The summed E-state index contributed by atoms with van der Waals surface area (Å²) in [5.74, 6) is 0. The molecule has 19 heavy (non-hydrogen) atoms. The van der Waals surface area contributed by atoms with Gasteiger partial charge in [-0.1, -0.05) is 17.4 Å². The van der Waals surface area contributed by atoms with Gasteiger partial charge in [-0.2, -0.15) is 0 Å². The third kappa shape index (κ3) is 3.34. The number of pyridine rings is 1. The highest BCUT2D eigenvalue weighted by Crippen LogP contribution is 2.32. The average molecular weight is 298 g/mol. The van der Waals surface area contributed by atoms with E-state index in [0.717, 1.165) is 11.3 Å². The third-order valence-corrected chi connectivity index (χ3v) is 4.26. The highest BCUT2D eigenvalue weighted by atomic mass is 32.2. The van der Waals surface area contributed by atoms with Crippen LogP contribution in [-0.4, -0.2) is 24.8 Å². The van der Waals surface area contributed by atoms with E-state index in [9.17, 15) is 13.6 Å². The lowest BCUT2D eigenvalue weighted by Crippen LogP contribution is -2.18. The number of thiazole rings is 1. The number of nitrogens with two attached hydrogens (primary N) is 1. The monoisotopic (exact) mass is 298 g/mol. The molecule has 0 aliphatic carbocycles. The molecular formula is C10H10N4O3S2. The number of primary amides is 1. The van der Waals surface area contributed by atoms with Crippen molar-refractivity contribution < 1.29 is 13.6 Å². The van der Waals surface area contributed by atoms with Crippen molar-refractivity contribution in [1.29, 1.82) is 0 Å². The Labute approximate surface area is 115 Å². The van der Waals surface area contributed by atoms with Crippen LogP contribution in [0.1, 0.15) is 15.7 Å². The summed E-state index contributed by atoms with van der Waals surface area (Å²) in [4.78, 5) is 19.1. The molecule has 2 aromatic heterocycles. The van der Waals surface area contributed by atoms with E-state index in [1.807, 2.05) is 0 Å². The predicted octanol–water partition coefficient (Wildman–Crippen LogP) is 1.34. The quantitative estimate of drug-likeness (QED) is 0.736. The molecule has 0 saturated carbocycles. The number of hydrogen-bond donors (Lipinski definition) is 3. The maximum absolute atomic E-state index is 11.5. The maximum Gasteiger partial charge on any atom is 0.318 e. The van der Waals surface area contributed by atoms with Crippen LogP contribution in [0.25, 0.3) is 0 Å². The standard InChI is InChI=1S/C10H10N4O3S2/c11-9(15)14-10-13-5-7(18-10)8(19(16)17)6-2-1-3-12-4-6/h1-5,8H,(H,16,17)(H3,11,13,14,15). The van der Waals surface area contributed by atoms with E-state index in [2.05, 4.69) is 15.3 Å². The molecule has 0 aliphatic rings. The molecule has 0 aliphatic heterocycles. The Bertz CT molecular complexity index is 602. The highest BCUT2D eigenvalue weighted by Gasteiger charge is 2.23. The van der Waals surface area contributed by atoms with E-state index in [4.69, 9.17) is 5.73 Å². The van der Waals surface area contributed by atoms with E-state index < -0.39 is 22.4 Å². The summed E-state index contributed by atoms with van der Waals surface area (Å²) < 4.78 is 20.9. The average Bonchev–Trinajstić information content (AvgIpc) is 2.77. The highest BCUT2D eigenvalue weighted by molar-refractivity contribution is 7.79. The Morgan fingerprint density at radius 1 is 1.53 bits per heavy atom. The van der Waals surface area contributed by atoms with Gasteiger partial charge in [0.1, 0.15) is 5.25 Å². The first-order valence-electron chi connectivity index (χ1n) is 5.09. The molecule has 2 heterocycles. The summed E-state index contributed by atoms with van der Waals surface area (Å²) in [5, 5.41) is 1.84. The number of nitrogens with zero attached hydrogens (tertiary/aromatic N) is 2. The minimum atomic E-state index is -2.12. The summed E-state index contributed by atoms with van der Waals surface area (Å²) in [7, 11) is 0. The fourth-order valence-corrected chi connectivity index (χ4v) is 3.33. The van der Waals surface area contributed by atoms with Crippen LogP contribution in [0.4, 0.5) is 9.93 Å². The van der Waals surface area contributed by atoms with Crippen LogP contribution in [0.15, 0.2) is 30.7 Å². The molecule has 0 spiro atoms. The first-order valence-corrected chi connectivity index (χ1v) is 7.08. The van der Waals surface area contributed by atoms with Gasteiger partial charge in [0.2, 0.25) is 0 Å². The molecule has 2 atom stereocenters. The van der Waals surface area contributed by atoms with Crippen LogP contribution in [0.3, 0.4) is 0 Å². The van der Waals surface area contributed by atoms with Crippen molar-refractivity contribution in [1.82, 2.24) is 9.97 Å². The first-order chi connectivity index (χ1) is 9.08. The first kappa shape index (κ1) is 13.6. The number of amides is 2. The van der Waals surface area contributed by atoms with Crippen LogP contribution < -0.4 is 11.1 Å². The van der Waals surface area contributed by atoms with Gasteiger partial charge >= 0.3 is 6.03 Å². The van der Waals surface area contributed by atoms with Gasteiger partial charge in [-0.15, -0.1) is 0 Å². The smallest absolute Gasteiger partial charge is 0.318 e. The molecule has 2 unspecified atom stereocenters. The third-order valence-electron chi connectivity index (χ3n) is 2.20. The van der Waals surface area contributed by atoms with Gasteiger partial charge < -0.3 is 10.3 Å². The van der Waals surface area contributed by atoms with Crippen LogP contribution in [0.2, 0.25) is 0 Å². The van der Waals surface area contributed by atoms with E-state index in [-0.39, 0.29) is 5.13 Å². The van der Waals surface area contributed by atoms with Crippen molar-refractivity contribution in [2.75, 3.05) is 5.32 Å². The molecule has 0 aromatic carbocycles. The Balaban J connectivity index is 2.33. The maximum atomic E-state index is 11.5. The number of hydrogen-bond acceptors (Lipinski definition) is 5. The normalized spacial score (nSPS) is 13.7. The van der Waals surface area contributed by atoms with Crippen molar-refractivity contribution in [2.24, 2.45) is 5.73 Å². The van der Waals surface area contributed by atoms with Gasteiger partial charge in [-0.3, -0.25) is 10.3 Å².